The fourth-order valence-electron chi connectivity index (χ4n) is 1.58. The summed E-state index contributed by atoms with van der Waals surface area (Å²) in [6.07, 6.45) is 2.12. The van der Waals surface area contributed by atoms with Gasteiger partial charge in [-0.2, -0.15) is 0 Å². The number of hydrogen-bond acceptors (Lipinski definition) is 1. The van der Waals surface area contributed by atoms with Gasteiger partial charge in [-0.1, -0.05) is 31.5 Å². The van der Waals surface area contributed by atoms with Gasteiger partial charge in [0.25, 0.3) is 0 Å². The van der Waals surface area contributed by atoms with Crippen LogP contribution in [0.25, 0.3) is 0 Å². The molecule has 1 aromatic rings. The van der Waals surface area contributed by atoms with E-state index < -0.39 is 0 Å². The molecule has 0 atom stereocenters. The normalized spacial score (nSPS) is 10.4. The first-order valence-corrected chi connectivity index (χ1v) is 6.69. The average Bonchev–Trinajstić information content (AvgIpc) is 2.32. The van der Waals surface area contributed by atoms with E-state index in [4.69, 9.17) is 23.8 Å². The van der Waals surface area contributed by atoms with Crippen molar-refractivity contribution in [3.8, 4) is 0 Å². The number of benzene rings is 1. The van der Waals surface area contributed by atoms with Crippen LogP contribution in [0.15, 0.2) is 18.2 Å². The van der Waals surface area contributed by atoms with Gasteiger partial charge in [-0.05, 0) is 49.7 Å². The predicted octanol–water partition coefficient (Wildman–Crippen LogP) is 4.12. The van der Waals surface area contributed by atoms with E-state index in [1.54, 1.807) is 0 Å². The molecule has 0 saturated heterocycles. The lowest BCUT2D eigenvalue weighted by atomic mass is 10.2. The lowest BCUT2D eigenvalue weighted by Crippen LogP contribution is -2.37. The molecule has 0 heterocycles. The average molecular weight is 271 g/mol. The van der Waals surface area contributed by atoms with Crippen LogP contribution in [-0.4, -0.2) is 11.2 Å². The lowest BCUT2D eigenvalue weighted by Gasteiger charge is -2.18. The molecule has 0 aliphatic rings. The molecule has 2 nitrogen and oxygen atoms in total. The number of thiocarbonyl (C=S) groups is 1. The fourth-order valence-corrected chi connectivity index (χ4v) is 2.03. The van der Waals surface area contributed by atoms with E-state index >= 15 is 0 Å². The van der Waals surface area contributed by atoms with Gasteiger partial charge >= 0.3 is 0 Å². The minimum Gasteiger partial charge on any atom is -0.360 e. The lowest BCUT2D eigenvalue weighted by molar-refractivity contribution is 0.573. The molecule has 0 aliphatic heterocycles. The van der Waals surface area contributed by atoms with E-state index in [0.29, 0.717) is 11.2 Å². The molecule has 2 N–H and O–H groups in total. The Balaban J connectivity index is 2.65. The summed E-state index contributed by atoms with van der Waals surface area (Å²) in [6, 6.07) is 6.19. The van der Waals surface area contributed by atoms with Crippen LogP contribution in [0.1, 0.15) is 32.3 Å². The number of nitrogens with one attached hydrogen (secondary N) is 2. The summed E-state index contributed by atoms with van der Waals surface area (Å²) in [6.45, 7) is 6.27. The van der Waals surface area contributed by atoms with Crippen molar-refractivity contribution in [1.29, 1.82) is 0 Å². The second-order valence-corrected chi connectivity index (χ2v) is 4.84. The maximum Gasteiger partial charge on any atom is 0.171 e. The van der Waals surface area contributed by atoms with Gasteiger partial charge in [0.2, 0.25) is 0 Å². The van der Waals surface area contributed by atoms with Crippen LogP contribution in [0.4, 0.5) is 5.69 Å². The van der Waals surface area contributed by atoms with Crippen molar-refractivity contribution in [3.63, 3.8) is 0 Å². The van der Waals surface area contributed by atoms with E-state index in [9.17, 15) is 0 Å². The predicted molar refractivity (Wildman–Crippen MR) is 79.9 cm³/mol. The Morgan fingerprint density at radius 2 is 2.00 bits per heavy atom. The molecule has 0 saturated carbocycles. The summed E-state index contributed by atoms with van der Waals surface area (Å²) in [5.74, 6) is 0. The maximum absolute atomic E-state index is 6.05. The fraction of sp³-hybridized carbons (Fsp3) is 0.462. The first kappa shape index (κ1) is 14.3. The number of anilines is 1. The summed E-state index contributed by atoms with van der Waals surface area (Å²) in [5.41, 5.74) is 1.98. The highest BCUT2D eigenvalue weighted by Crippen LogP contribution is 2.22. The third-order valence-corrected chi connectivity index (χ3v) is 3.47. The van der Waals surface area contributed by atoms with Crippen molar-refractivity contribution in [2.24, 2.45) is 0 Å². The molecule has 1 aromatic carbocycles. The van der Waals surface area contributed by atoms with Gasteiger partial charge in [-0.3, -0.25) is 0 Å². The smallest absolute Gasteiger partial charge is 0.171 e. The van der Waals surface area contributed by atoms with Crippen LogP contribution in [0, 0.1) is 6.92 Å². The van der Waals surface area contributed by atoms with E-state index in [1.807, 2.05) is 25.1 Å². The van der Waals surface area contributed by atoms with Gasteiger partial charge in [0.1, 0.15) is 0 Å². The van der Waals surface area contributed by atoms with Gasteiger partial charge in [0, 0.05) is 16.8 Å². The monoisotopic (exact) mass is 270 g/mol. The van der Waals surface area contributed by atoms with Crippen LogP contribution in [-0.2, 0) is 0 Å². The summed E-state index contributed by atoms with van der Waals surface area (Å²) < 4.78 is 0. The Morgan fingerprint density at radius 1 is 1.35 bits per heavy atom. The molecular formula is C13H19ClN2S. The molecule has 0 aliphatic carbocycles. The van der Waals surface area contributed by atoms with E-state index in [2.05, 4.69) is 24.5 Å². The van der Waals surface area contributed by atoms with Crippen molar-refractivity contribution in [3.05, 3.63) is 28.8 Å². The zero-order valence-corrected chi connectivity index (χ0v) is 12.1. The quantitative estimate of drug-likeness (QED) is 0.805. The highest BCUT2D eigenvalue weighted by Gasteiger charge is 2.07. The highest BCUT2D eigenvalue weighted by atomic mass is 35.5. The highest BCUT2D eigenvalue weighted by molar-refractivity contribution is 7.80. The largest absolute Gasteiger partial charge is 0.360 e. The Labute approximate surface area is 114 Å². The molecule has 0 radical (unpaired) electrons. The Morgan fingerprint density at radius 3 is 2.59 bits per heavy atom. The molecule has 1 rings (SSSR count). The van der Waals surface area contributed by atoms with Gasteiger partial charge in [0.15, 0.2) is 5.11 Å². The first-order valence-electron chi connectivity index (χ1n) is 5.91. The Kier molecular flexibility index (Phi) is 5.72. The molecule has 4 heteroatoms. The maximum atomic E-state index is 6.05. The second kappa shape index (κ2) is 6.82. The molecule has 0 spiro atoms. The standard InChI is InChI=1S/C13H19ClN2S/c1-4-10(5-2)15-13(17)16-12-8-6-7-11(14)9(12)3/h6-8,10H,4-5H2,1-3H3,(H2,15,16,17). The number of rotatable bonds is 4. The number of halogens is 1. The molecule has 0 fully saturated rings. The van der Waals surface area contributed by atoms with Crippen LogP contribution in [0.3, 0.4) is 0 Å². The third kappa shape index (κ3) is 4.17. The summed E-state index contributed by atoms with van der Waals surface area (Å²) in [5, 5.41) is 7.88. The number of hydrogen-bond donors (Lipinski definition) is 2. The van der Waals surface area contributed by atoms with Crippen LogP contribution >= 0.6 is 23.8 Å². The molecule has 0 aromatic heterocycles. The molecule has 0 amide bonds. The minimum absolute atomic E-state index is 0.425. The molecule has 94 valence electrons. The Hall–Kier alpha value is -0.800. The minimum atomic E-state index is 0.425. The second-order valence-electron chi connectivity index (χ2n) is 4.02. The molecule has 0 unspecified atom stereocenters. The van der Waals surface area contributed by atoms with E-state index in [1.165, 1.54) is 0 Å². The van der Waals surface area contributed by atoms with Crippen molar-refractivity contribution in [2.75, 3.05) is 5.32 Å². The van der Waals surface area contributed by atoms with E-state index in [0.717, 1.165) is 29.1 Å². The molecular weight excluding hydrogens is 252 g/mol. The summed E-state index contributed by atoms with van der Waals surface area (Å²) >= 11 is 11.3. The van der Waals surface area contributed by atoms with Crippen LogP contribution in [0.2, 0.25) is 5.02 Å². The summed E-state index contributed by atoms with van der Waals surface area (Å²) in [4.78, 5) is 0. The topological polar surface area (TPSA) is 24.1 Å². The van der Waals surface area contributed by atoms with Crippen molar-refractivity contribution >= 4 is 34.6 Å². The van der Waals surface area contributed by atoms with Gasteiger partial charge in [-0.15, -0.1) is 0 Å². The third-order valence-electron chi connectivity index (χ3n) is 2.84. The molecule has 0 bridgehead atoms. The summed E-state index contributed by atoms with van der Waals surface area (Å²) in [7, 11) is 0. The van der Waals surface area contributed by atoms with E-state index in [-0.39, 0.29) is 0 Å². The zero-order valence-electron chi connectivity index (χ0n) is 10.5. The van der Waals surface area contributed by atoms with Gasteiger partial charge in [-0.25, -0.2) is 0 Å². The zero-order chi connectivity index (χ0) is 12.8. The first-order chi connectivity index (χ1) is 8.08. The van der Waals surface area contributed by atoms with Crippen LogP contribution in [0.5, 0.6) is 0 Å². The van der Waals surface area contributed by atoms with Crippen molar-refractivity contribution < 1.29 is 0 Å². The Bertz CT molecular complexity index is 389. The SMILES string of the molecule is CCC(CC)NC(=S)Nc1cccc(Cl)c1C. The van der Waals surface area contributed by atoms with Gasteiger partial charge in [0.05, 0.1) is 0 Å². The van der Waals surface area contributed by atoms with Crippen molar-refractivity contribution in [1.82, 2.24) is 5.32 Å². The van der Waals surface area contributed by atoms with Crippen molar-refractivity contribution in [2.45, 2.75) is 39.7 Å². The van der Waals surface area contributed by atoms with Crippen LogP contribution < -0.4 is 10.6 Å². The molecule has 17 heavy (non-hydrogen) atoms. The van der Waals surface area contributed by atoms with Gasteiger partial charge < -0.3 is 10.6 Å².